The van der Waals surface area contributed by atoms with Gasteiger partial charge in [0.05, 0.1) is 18.7 Å². The number of aromatic nitrogens is 1. The van der Waals surface area contributed by atoms with Gasteiger partial charge in [0.25, 0.3) is 0 Å². The summed E-state index contributed by atoms with van der Waals surface area (Å²) >= 11 is 3.42. The van der Waals surface area contributed by atoms with Crippen LogP contribution in [0.4, 0.5) is 0 Å². The van der Waals surface area contributed by atoms with Crippen LogP contribution in [-0.2, 0) is 17.8 Å². The predicted molar refractivity (Wildman–Crippen MR) is 78.7 cm³/mol. The van der Waals surface area contributed by atoms with Crippen molar-refractivity contribution >= 4 is 21.8 Å². The summed E-state index contributed by atoms with van der Waals surface area (Å²) in [6, 6.07) is 11.6. The smallest absolute Gasteiger partial charge is 0.224 e. The third-order valence-corrected chi connectivity index (χ3v) is 3.35. The molecular weight excluding hydrogens is 304 g/mol. The van der Waals surface area contributed by atoms with Crippen LogP contribution in [0.25, 0.3) is 0 Å². The van der Waals surface area contributed by atoms with Crippen molar-refractivity contribution in [1.29, 1.82) is 0 Å². The van der Waals surface area contributed by atoms with E-state index in [2.05, 4.69) is 26.2 Å². The van der Waals surface area contributed by atoms with Gasteiger partial charge in [0.1, 0.15) is 0 Å². The summed E-state index contributed by atoms with van der Waals surface area (Å²) < 4.78 is 0.991. The Bertz CT molecular complexity index is 570. The molecule has 3 nitrogen and oxygen atoms in total. The number of carbonyl (C=O) groups excluding carboxylic acids is 1. The molecule has 98 valence electrons. The molecule has 0 spiro atoms. The first-order valence-electron chi connectivity index (χ1n) is 6.07. The van der Waals surface area contributed by atoms with E-state index in [-0.39, 0.29) is 5.91 Å². The minimum absolute atomic E-state index is 0.00635. The van der Waals surface area contributed by atoms with E-state index in [4.69, 9.17) is 0 Å². The molecule has 0 aliphatic heterocycles. The van der Waals surface area contributed by atoms with Crippen LogP contribution in [-0.4, -0.2) is 10.9 Å². The number of benzene rings is 1. The number of amides is 1. The summed E-state index contributed by atoms with van der Waals surface area (Å²) in [5.74, 6) is 0.00635. The van der Waals surface area contributed by atoms with Crippen LogP contribution >= 0.6 is 15.9 Å². The molecule has 0 bridgehead atoms. The highest BCUT2D eigenvalue weighted by molar-refractivity contribution is 9.10. The summed E-state index contributed by atoms with van der Waals surface area (Å²) in [4.78, 5) is 16.1. The fraction of sp³-hybridized carbons (Fsp3) is 0.200. The number of hydrogen-bond donors (Lipinski definition) is 1. The van der Waals surface area contributed by atoms with Gasteiger partial charge in [-0.25, -0.2) is 0 Å². The molecule has 0 aliphatic carbocycles. The van der Waals surface area contributed by atoms with E-state index in [9.17, 15) is 4.79 Å². The quantitative estimate of drug-likeness (QED) is 0.941. The second kappa shape index (κ2) is 6.48. The van der Waals surface area contributed by atoms with Crippen molar-refractivity contribution in [2.75, 3.05) is 0 Å². The minimum atomic E-state index is 0.00635. The molecule has 1 amide bonds. The summed E-state index contributed by atoms with van der Waals surface area (Å²) in [6.45, 7) is 2.47. The van der Waals surface area contributed by atoms with Crippen LogP contribution < -0.4 is 5.32 Å². The molecule has 0 saturated heterocycles. The first kappa shape index (κ1) is 13.7. The maximum Gasteiger partial charge on any atom is 0.224 e. The summed E-state index contributed by atoms with van der Waals surface area (Å²) in [5, 5.41) is 2.88. The highest BCUT2D eigenvalue weighted by Crippen LogP contribution is 2.16. The van der Waals surface area contributed by atoms with Crippen molar-refractivity contribution in [2.24, 2.45) is 0 Å². The lowest BCUT2D eigenvalue weighted by Crippen LogP contribution is -2.25. The van der Waals surface area contributed by atoms with E-state index in [1.165, 1.54) is 0 Å². The molecule has 0 fully saturated rings. The van der Waals surface area contributed by atoms with E-state index in [1.807, 2.05) is 43.3 Å². The van der Waals surface area contributed by atoms with Crippen molar-refractivity contribution in [2.45, 2.75) is 19.9 Å². The highest BCUT2D eigenvalue weighted by atomic mass is 79.9. The molecule has 1 aromatic carbocycles. The van der Waals surface area contributed by atoms with Gasteiger partial charge in [-0.15, -0.1) is 0 Å². The molecule has 0 aliphatic rings. The first-order chi connectivity index (χ1) is 9.15. The van der Waals surface area contributed by atoms with Crippen molar-refractivity contribution < 1.29 is 4.79 Å². The molecule has 2 rings (SSSR count). The van der Waals surface area contributed by atoms with Gasteiger partial charge in [0.15, 0.2) is 0 Å². The average Bonchev–Trinajstić information content (AvgIpc) is 2.42. The zero-order valence-corrected chi connectivity index (χ0v) is 12.3. The normalized spacial score (nSPS) is 10.2. The standard InChI is InChI=1S/C15H15BrN2O/c1-11-5-6-13(16)8-12(11)9-15(19)18-10-14-4-2-3-7-17-14/h2-8H,9-10H2,1H3,(H,18,19). The Labute approximate surface area is 121 Å². The molecule has 1 aromatic heterocycles. The van der Waals surface area contributed by atoms with Crippen molar-refractivity contribution in [1.82, 2.24) is 10.3 Å². The van der Waals surface area contributed by atoms with Gasteiger partial charge < -0.3 is 5.32 Å². The van der Waals surface area contributed by atoms with Gasteiger partial charge in [-0.2, -0.15) is 0 Å². The third kappa shape index (κ3) is 4.17. The van der Waals surface area contributed by atoms with Gasteiger partial charge >= 0.3 is 0 Å². The van der Waals surface area contributed by atoms with Crippen LogP contribution in [0.5, 0.6) is 0 Å². The van der Waals surface area contributed by atoms with Crippen LogP contribution in [0.1, 0.15) is 16.8 Å². The van der Waals surface area contributed by atoms with E-state index >= 15 is 0 Å². The number of rotatable bonds is 4. The monoisotopic (exact) mass is 318 g/mol. The molecule has 1 heterocycles. The maximum absolute atomic E-state index is 11.9. The fourth-order valence-electron chi connectivity index (χ4n) is 1.76. The first-order valence-corrected chi connectivity index (χ1v) is 6.86. The van der Waals surface area contributed by atoms with E-state index in [0.29, 0.717) is 13.0 Å². The summed E-state index contributed by atoms with van der Waals surface area (Å²) in [6.07, 6.45) is 2.11. The van der Waals surface area contributed by atoms with Crippen LogP contribution in [0.2, 0.25) is 0 Å². The topological polar surface area (TPSA) is 42.0 Å². The molecule has 0 saturated carbocycles. The molecule has 0 radical (unpaired) electrons. The lowest BCUT2D eigenvalue weighted by Gasteiger charge is -2.07. The van der Waals surface area contributed by atoms with Crippen LogP contribution in [0, 0.1) is 6.92 Å². The number of aryl methyl sites for hydroxylation is 1. The third-order valence-electron chi connectivity index (χ3n) is 2.86. The Morgan fingerprint density at radius 2 is 2.16 bits per heavy atom. The fourth-order valence-corrected chi connectivity index (χ4v) is 2.17. The van der Waals surface area contributed by atoms with Crippen molar-refractivity contribution in [3.05, 3.63) is 63.9 Å². The SMILES string of the molecule is Cc1ccc(Br)cc1CC(=O)NCc1ccccn1. The zero-order chi connectivity index (χ0) is 13.7. The van der Waals surface area contributed by atoms with Crippen molar-refractivity contribution in [3.63, 3.8) is 0 Å². The molecule has 2 aromatic rings. The van der Waals surface area contributed by atoms with Gasteiger partial charge in [-0.1, -0.05) is 28.1 Å². The summed E-state index contributed by atoms with van der Waals surface area (Å²) in [5.41, 5.74) is 3.02. The molecule has 1 N–H and O–H groups in total. The number of pyridine rings is 1. The van der Waals surface area contributed by atoms with Crippen molar-refractivity contribution in [3.8, 4) is 0 Å². The Balaban J connectivity index is 1.93. The van der Waals surface area contributed by atoms with Gasteiger partial charge in [0.2, 0.25) is 5.91 Å². The number of nitrogens with zero attached hydrogens (tertiary/aromatic N) is 1. The molecule has 0 atom stereocenters. The Hall–Kier alpha value is -1.68. The minimum Gasteiger partial charge on any atom is -0.350 e. The number of hydrogen-bond acceptors (Lipinski definition) is 2. The number of carbonyl (C=O) groups is 1. The molecule has 4 heteroatoms. The Morgan fingerprint density at radius 3 is 2.89 bits per heavy atom. The largest absolute Gasteiger partial charge is 0.350 e. The number of halogens is 1. The van der Waals surface area contributed by atoms with Crippen LogP contribution in [0.3, 0.4) is 0 Å². The van der Waals surface area contributed by atoms with E-state index in [0.717, 1.165) is 21.3 Å². The zero-order valence-electron chi connectivity index (χ0n) is 10.7. The molecular formula is C15H15BrN2O. The average molecular weight is 319 g/mol. The Morgan fingerprint density at radius 1 is 1.32 bits per heavy atom. The molecule has 0 unspecified atom stereocenters. The lowest BCUT2D eigenvalue weighted by molar-refractivity contribution is -0.120. The van der Waals surface area contributed by atoms with Gasteiger partial charge in [0, 0.05) is 10.7 Å². The Kier molecular flexibility index (Phi) is 4.68. The lowest BCUT2D eigenvalue weighted by atomic mass is 10.1. The second-order valence-electron chi connectivity index (χ2n) is 4.35. The van der Waals surface area contributed by atoms with E-state index < -0.39 is 0 Å². The van der Waals surface area contributed by atoms with Gasteiger partial charge in [-0.05, 0) is 42.3 Å². The second-order valence-corrected chi connectivity index (χ2v) is 5.26. The molecule has 19 heavy (non-hydrogen) atoms. The van der Waals surface area contributed by atoms with Gasteiger partial charge in [-0.3, -0.25) is 9.78 Å². The van der Waals surface area contributed by atoms with Crippen LogP contribution in [0.15, 0.2) is 47.1 Å². The predicted octanol–water partition coefficient (Wildman–Crippen LogP) is 3.01. The van der Waals surface area contributed by atoms with E-state index in [1.54, 1.807) is 6.20 Å². The summed E-state index contributed by atoms with van der Waals surface area (Å²) in [7, 11) is 0. The highest BCUT2D eigenvalue weighted by Gasteiger charge is 2.06. The number of nitrogens with one attached hydrogen (secondary N) is 1. The maximum atomic E-state index is 11.9.